The molecule has 1 fully saturated rings. The van der Waals surface area contributed by atoms with Crippen molar-refractivity contribution in [1.29, 1.82) is 0 Å². The zero-order valence-corrected chi connectivity index (χ0v) is 17.1. The highest BCUT2D eigenvalue weighted by Gasteiger charge is 2.31. The number of rotatable bonds is 6. The molecule has 0 spiro atoms. The molecule has 1 saturated heterocycles. The van der Waals surface area contributed by atoms with Crippen LogP contribution in [0, 0.1) is 0 Å². The summed E-state index contributed by atoms with van der Waals surface area (Å²) >= 11 is 6.62. The van der Waals surface area contributed by atoms with Crippen LogP contribution in [-0.4, -0.2) is 34.4 Å². The highest BCUT2D eigenvalue weighted by Crippen LogP contribution is 2.36. The molecule has 0 aromatic heterocycles. The van der Waals surface area contributed by atoms with Gasteiger partial charge in [-0.1, -0.05) is 48.2 Å². The Morgan fingerprint density at radius 1 is 1.17 bits per heavy atom. The Morgan fingerprint density at radius 3 is 2.79 bits per heavy atom. The van der Waals surface area contributed by atoms with Crippen molar-refractivity contribution in [2.24, 2.45) is 0 Å². The molecule has 0 saturated carbocycles. The van der Waals surface area contributed by atoms with Crippen LogP contribution in [-0.2, 0) is 9.59 Å². The number of thiocarbonyl (C=S) groups is 1. The highest BCUT2D eigenvalue weighted by molar-refractivity contribution is 8.26. The van der Waals surface area contributed by atoms with Crippen LogP contribution in [0.4, 0.5) is 5.69 Å². The van der Waals surface area contributed by atoms with Gasteiger partial charge < -0.3 is 14.8 Å². The third-order valence-corrected chi connectivity index (χ3v) is 5.79. The first-order chi connectivity index (χ1) is 14.1. The topological polar surface area (TPSA) is 67.9 Å². The summed E-state index contributed by atoms with van der Waals surface area (Å²) in [4.78, 5) is 26.9. The lowest BCUT2D eigenvalue weighted by Gasteiger charge is -2.14. The molecular formula is C21H18N2O4S2. The Kier molecular flexibility index (Phi) is 5.82. The van der Waals surface area contributed by atoms with Crippen LogP contribution in [0.25, 0.3) is 6.08 Å². The van der Waals surface area contributed by atoms with Gasteiger partial charge in [-0.25, -0.2) is 0 Å². The Bertz CT molecular complexity index is 991. The fraction of sp³-hybridized carbons (Fsp3) is 0.190. The Morgan fingerprint density at radius 2 is 1.97 bits per heavy atom. The van der Waals surface area contributed by atoms with E-state index in [1.54, 1.807) is 11.0 Å². The maximum absolute atomic E-state index is 12.7. The van der Waals surface area contributed by atoms with Crippen molar-refractivity contribution < 1.29 is 19.1 Å². The van der Waals surface area contributed by atoms with E-state index in [0.717, 1.165) is 11.3 Å². The van der Waals surface area contributed by atoms with Gasteiger partial charge in [-0.15, -0.1) is 0 Å². The van der Waals surface area contributed by atoms with Gasteiger partial charge in [0.05, 0.1) is 4.91 Å². The van der Waals surface area contributed by atoms with E-state index in [0.29, 0.717) is 40.1 Å². The van der Waals surface area contributed by atoms with Crippen LogP contribution in [0.15, 0.2) is 53.4 Å². The van der Waals surface area contributed by atoms with E-state index in [4.69, 9.17) is 21.7 Å². The molecule has 2 aliphatic rings. The number of benzene rings is 2. The number of fused-ring (bicyclic) bond motifs is 1. The number of ether oxygens (including phenoxy) is 2. The number of thioether (sulfide) groups is 1. The molecule has 0 aliphatic carbocycles. The zero-order valence-electron chi connectivity index (χ0n) is 15.4. The van der Waals surface area contributed by atoms with Gasteiger partial charge in [0.25, 0.3) is 5.91 Å². The molecule has 2 heterocycles. The minimum atomic E-state index is -0.138. The van der Waals surface area contributed by atoms with Gasteiger partial charge >= 0.3 is 0 Å². The van der Waals surface area contributed by atoms with E-state index < -0.39 is 0 Å². The van der Waals surface area contributed by atoms with Crippen molar-refractivity contribution in [2.45, 2.75) is 12.8 Å². The molecule has 2 aromatic carbocycles. The smallest absolute Gasteiger partial charge is 0.266 e. The van der Waals surface area contributed by atoms with Gasteiger partial charge in [-0.05, 0) is 42.3 Å². The minimum Gasteiger partial charge on any atom is -0.454 e. The summed E-state index contributed by atoms with van der Waals surface area (Å²) in [5, 5.41) is 2.84. The van der Waals surface area contributed by atoms with Crippen molar-refractivity contribution in [3.63, 3.8) is 0 Å². The molecule has 0 bridgehead atoms. The van der Waals surface area contributed by atoms with E-state index in [2.05, 4.69) is 5.32 Å². The number of carbonyl (C=O) groups excluding carboxylic acids is 2. The number of hydrogen-bond donors (Lipinski definition) is 1. The fourth-order valence-corrected chi connectivity index (χ4v) is 4.30. The lowest BCUT2D eigenvalue weighted by molar-refractivity contribution is -0.122. The first-order valence-electron chi connectivity index (χ1n) is 9.10. The summed E-state index contributed by atoms with van der Waals surface area (Å²) in [6, 6.07) is 14.8. The normalized spacial score (nSPS) is 16.6. The number of amides is 2. The standard InChI is InChI=1S/C21H18N2O4S2/c24-19(22-15-5-2-1-3-6-15)7-4-10-23-20(25)18(29-21(23)28)12-14-8-9-16-17(11-14)27-13-26-16/h1-3,5-6,8-9,11-12H,4,7,10,13H2,(H,22,24). The first kappa shape index (κ1) is 19.5. The predicted octanol–water partition coefficient (Wildman–Crippen LogP) is 4.04. The second kappa shape index (κ2) is 8.67. The van der Waals surface area contributed by atoms with Gasteiger partial charge in [-0.3, -0.25) is 14.5 Å². The molecule has 2 aliphatic heterocycles. The summed E-state index contributed by atoms with van der Waals surface area (Å²) in [6.45, 7) is 0.615. The molecule has 6 nitrogen and oxygen atoms in total. The monoisotopic (exact) mass is 426 g/mol. The van der Waals surface area contributed by atoms with E-state index in [9.17, 15) is 9.59 Å². The van der Waals surface area contributed by atoms with Crippen molar-refractivity contribution in [1.82, 2.24) is 4.90 Å². The molecule has 29 heavy (non-hydrogen) atoms. The average molecular weight is 427 g/mol. The number of para-hydroxylation sites is 1. The van der Waals surface area contributed by atoms with Crippen LogP contribution in [0.3, 0.4) is 0 Å². The highest BCUT2D eigenvalue weighted by atomic mass is 32.2. The molecule has 0 radical (unpaired) electrons. The lowest BCUT2D eigenvalue weighted by atomic mass is 10.2. The summed E-state index contributed by atoms with van der Waals surface area (Å²) in [5.74, 6) is 1.14. The van der Waals surface area contributed by atoms with Gasteiger partial charge in [0, 0.05) is 18.7 Å². The van der Waals surface area contributed by atoms with E-state index in [1.807, 2.05) is 48.5 Å². The molecule has 2 amide bonds. The number of hydrogen-bond acceptors (Lipinski definition) is 6. The van der Waals surface area contributed by atoms with Crippen molar-refractivity contribution in [2.75, 3.05) is 18.7 Å². The van der Waals surface area contributed by atoms with Crippen molar-refractivity contribution in [3.8, 4) is 11.5 Å². The van der Waals surface area contributed by atoms with Crippen LogP contribution in [0.5, 0.6) is 11.5 Å². The summed E-state index contributed by atoms with van der Waals surface area (Å²) in [6.07, 6.45) is 2.64. The van der Waals surface area contributed by atoms with Gasteiger partial charge in [-0.2, -0.15) is 0 Å². The number of anilines is 1. The number of carbonyl (C=O) groups is 2. The van der Waals surface area contributed by atoms with Crippen molar-refractivity contribution in [3.05, 3.63) is 59.0 Å². The zero-order chi connectivity index (χ0) is 20.2. The molecule has 4 rings (SSSR count). The van der Waals surface area contributed by atoms with E-state index in [1.165, 1.54) is 11.8 Å². The minimum absolute atomic E-state index is 0.0856. The van der Waals surface area contributed by atoms with Crippen LogP contribution in [0.2, 0.25) is 0 Å². The quantitative estimate of drug-likeness (QED) is 0.556. The second-order valence-electron chi connectivity index (χ2n) is 6.46. The largest absolute Gasteiger partial charge is 0.454 e. The Balaban J connectivity index is 1.33. The molecule has 148 valence electrons. The average Bonchev–Trinajstić information content (AvgIpc) is 3.28. The fourth-order valence-electron chi connectivity index (χ4n) is 2.99. The molecule has 0 unspecified atom stereocenters. The third-order valence-electron chi connectivity index (χ3n) is 4.41. The molecule has 8 heteroatoms. The van der Waals surface area contributed by atoms with E-state index >= 15 is 0 Å². The number of nitrogens with one attached hydrogen (secondary N) is 1. The molecule has 1 N–H and O–H groups in total. The SMILES string of the molecule is O=C(CCCN1C(=O)C(=Cc2ccc3c(c2)OCO3)SC1=S)Nc1ccccc1. The van der Waals surface area contributed by atoms with Crippen LogP contribution >= 0.6 is 24.0 Å². The van der Waals surface area contributed by atoms with Crippen LogP contribution < -0.4 is 14.8 Å². The van der Waals surface area contributed by atoms with Gasteiger partial charge in [0.15, 0.2) is 11.5 Å². The third kappa shape index (κ3) is 4.60. The maximum atomic E-state index is 12.7. The molecule has 0 atom stereocenters. The van der Waals surface area contributed by atoms with Crippen molar-refractivity contribution >= 4 is 51.9 Å². The van der Waals surface area contributed by atoms with Gasteiger partial charge in [0.2, 0.25) is 12.7 Å². The van der Waals surface area contributed by atoms with Gasteiger partial charge in [0.1, 0.15) is 4.32 Å². The van der Waals surface area contributed by atoms with Crippen LogP contribution in [0.1, 0.15) is 18.4 Å². The Labute approximate surface area is 177 Å². The first-order valence-corrected chi connectivity index (χ1v) is 10.3. The molecular weight excluding hydrogens is 408 g/mol. The summed E-state index contributed by atoms with van der Waals surface area (Å²) in [7, 11) is 0. The molecule has 2 aromatic rings. The van der Waals surface area contributed by atoms with E-state index in [-0.39, 0.29) is 18.6 Å². The lowest BCUT2D eigenvalue weighted by Crippen LogP contribution is -2.29. The summed E-state index contributed by atoms with van der Waals surface area (Å²) < 4.78 is 11.2. The number of nitrogens with zero attached hydrogens (tertiary/aromatic N) is 1. The predicted molar refractivity (Wildman–Crippen MR) is 117 cm³/mol. The maximum Gasteiger partial charge on any atom is 0.266 e. The second-order valence-corrected chi connectivity index (χ2v) is 8.14. The summed E-state index contributed by atoms with van der Waals surface area (Å²) in [5.41, 5.74) is 1.60. The Hall–Kier alpha value is -2.84.